The van der Waals surface area contributed by atoms with Crippen LogP contribution in [-0.2, 0) is 0 Å². The van der Waals surface area contributed by atoms with Crippen molar-refractivity contribution in [3.05, 3.63) is 11.2 Å². The largest absolute Gasteiger partial charge is 0.358 e. The van der Waals surface area contributed by atoms with Gasteiger partial charge in [-0.1, -0.05) is 0 Å². The molecule has 2 rings (SSSR count). The minimum absolute atomic E-state index is 1.13. The van der Waals surface area contributed by atoms with E-state index < -0.39 is 0 Å². The summed E-state index contributed by atoms with van der Waals surface area (Å²) in [4.78, 5) is 4.86. The molecule has 0 aliphatic carbocycles. The average molecular weight is 184 g/mol. The van der Waals surface area contributed by atoms with Crippen LogP contribution in [0.15, 0.2) is 11.2 Å². The zero-order valence-corrected chi connectivity index (χ0v) is 8.44. The van der Waals surface area contributed by atoms with Gasteiger partial charge in [0.25, 0.3) is 0 Å². The SMILES string of the molecule is CN1CSC=C1N1CCCCC1. The first kappa shape index (κ1) is 8.30. The normalized spacial score (nSPS) is 24.6. The molecule has 0 bridgehead atoms. The van der Waals surface area contributed by atoms with Gasteiger partial charge in [-0.2, -0.15) is 0 Å². The summed E-state index contributed by atoms with van der Waals surface area (Å²) in [6.07, 6.45) is 4.16. The molecule has 0 aromatic rings. The zero-order valence-electron chi connectivity index (χ0n) is 7.62. The summed E-state index contributed by atoms with van der Waals surface area (Å²) in [5, 5.41) is 2.30. The maximum atomic E-state index is 2.52. The standard InChI is InChI=1S/C9H16N2S/c1-10-8-12-7-9(10)11-5-3-2-4-6-11/h7H,2-6,8H2,1H3. The number of rotatable bonds is 1. The van der Waals surface area contributed by atoms with Crippen LogP contribution in [0.5, 0.6) is 0 Å². The lowest BCUT2D eigenvalue weighted by Gasteiger charge is -2.33. The summed E-state index contributed by atoms with van der Waals surface area (Å²) >= 11 is 1.91. The minimum Gasteiger partial charge on any atom is -0.358 e. The van der Waals surface area contributed by atoms with Crippen molar-refractivity contribution in [2.45, 2.75) is 19.3 Å². The maximum absolute atomic E-state index is 2.52. The maximum Gasteiger partial charge on any atom is 0.111 e. The first-order valence-corrected chi connectivity index (χ1v) is 5.70. The van der Waals surface area contributed by atoms with E-state index in [4.69, 9.17) is 0 Å². The highest BCUT2D eigenvalue weighted by molar-refractivity contribution is 8.02. The molecule has 2 heterocycles. The molecule has 0 radical (unpaired) electrons. The van der Waals surface area contributed by atoms with Gasteiger partial charge >= 0.3 is 0 Å². The number of nitrogens with zero attached hydrogens (tertiary/aromatic N) is 2. The summed E-state index contributed by atoms with van der Waals surface area (Å²) < 4.78 is 0. The highest BCUT2D eigenvalue weighted by Crippen LogP contribution is 2.26. The van der Waals surface area contributed by atoms with Crippen molar-refractivity contribution in [3.63, 3.8) is 0 Å². The number of hydrogen-bond donors (Lipinski definition) is 0. The Morgan fingerprint density at radius 3 is 2.58 bits per heavy atom. The van der Waals surface area contributed by atoms with Gasteiger partial charge in [-0.15, -0.1) is 11.8 Å². The lowest BCUT2D eigenvalue weighted by molar-refractivity contribution is 0.222. The average Bonchev–Trinajstić information content (AvgIpc) is 2.53. The number of thioether (sulfide) groups is 1. The Kier molecular flexibility index (Phi) is 2.49. The van der Waals surface area contributed by atoms with Crippen LogP contribution in [0.3, 0.4) is 0 Å². The second-order valence-electron chi connectivity index (χ2n) is 3.52. The van der Waals surface area contributed by atoms with Crippen molar-refractivity contribution in [2.75, 3.05) is 26.0 Å². The Morgan fingerprint density at radius 1 is 1.25 bits per heavy atom. The van der Waals surface area contributed by atoms with Gasteiger partial charge in [-0.05, 0) is 19.3 Å². The van der Waals surface area contributed by atoms with Crippen LogP contribution in [0.2, 0.25) is 0 Å². The van der Waals surface area contributed by atoms with E-state index in [0.29, 0.717) is 0 Å². The molecule has 0 unspecified atom stereocenters. The second-order valence-corrected chi connectivity index (χ2v) is 4.34. The van der Waals surface area contributed by atoms with Crippen molar-refractivity contribution in [2.24, 2.45) is 0 Å². The molecule has 2 aliphatic heterocycles. The molecule has 12 heavy (non-hydrogen) atoms. The highest BCUT2D eigenvalue weighted by Gasteiger charge is 2.19. The van der Waals surface area contributed by atoms with Crippen molar-refractivity contribution < 1.29 is 0 Å². The fourth-order valence-corrected chi connectivity index (χ4v) is 2.73. The molecule has 3 heteroatoms. The third-order valence-electron chi connectivity index (χ3n) is 2.53. The third-order valence-corrected chi connectivity index (χ3v) is 3.44. The molecule has 2 nitrogen and oxygen atoms in total. The molecule has 0 atom stereocenters. The van der Waals surface area contributed by atoms with Crippen LogP contribution in [0.4, 0.5) is 0 Å². The Balaban J connectivity index is 1.97. The van der Waals surface area contributed by atoms with E-state index in [1.807, 2.05) is 11.8 Å². The van der Waals surface area contributed by atoms with Crippen molar-refractivity contribution in [1.29, 1.82) is 0 Å². The summed E-state index contributed by atoms with van der Waals surface area (Å²) in [6.45, 7) is 2.52. The molecule has 0 N–H and O–H groups in total. The Bertz CT molecular complexity index is 185. The van der Waals surface area contributed by atoms with Gasteiger partial charge in [0.05, 0.1) is 5.88 Å². The van der Waals surface area contributed by atoms with Crippen molar-refractivity contribution >= 4 is 11.8 Å². The van der Waals surface area contributed by atoms with Crippen LogP contribution in [0.1, 0.15) is 19.3 Å². The molecule has 0 spiro atoms. The van der Waals surface area contributed by atoms with E-state index in [0.717, 1.165) is 5.88 Å². The van der Waals surface area contributed by atoms with Crippen molar-refractivity contribution in [3.8, 4) is 0 Å². The molecule has 0 aromatic carbocycles. The van der Waals surface area contributed by atoms with E-state index in [9.17, 15) is 0 Å². The van der Waals surface area contributed by atoms with Crippen LogP contribution in [0, 0.1) is 0 Å². The number of hydrogen-bond acceptors (Lipinski definition) is 3. The predicted octanol–water partition coefficient (Wildman–Crippen LogP) is 1.91. The molecule has 2 aliphatic rings. The second kappa shape index (κ2) is 3.60. The van der Waals surface area contributed by atoms with E-state index in [1.54, 1.807) is 0 Å². The molecule has 0 amide bonds. The van der Waals surface area contributed by atoms with E-state index in [1.165, 1.54) is 38.2 Å². The molecule has 1 fully saturated rings. The number of likely N-dealkylation sites (tertiary alicyclic amines) is 1. The van der Waals surface area contributed by atoms with Crippen LogP contribution >= 0.6 is 11.8 Å². The first-order chi connectivity index (χ1) is 5.88. The van der Waals surface area contributed by atoms with Gasteiger partial charge in [0, 0.05) is 25.5 Å². The van der Waals surface area contributed by atoms with Crippen LogP contribution in [0.25, 0.3) is 0 Å². The van der Waals surface area contributed by atoms with Gasteiger partial charge in [-0.3, -0.25) is 0 Å². The molecule has 0 aromatic heterocycles. The Morgan fingerprint density at radius 2 is 2.00 bits per heavy atom. The van der Waals surface area contributed by atoms with Crippen LogP contribution < -0.4 is 0 Å². The monoisotopic (exact) mass is 184 g/mol. The quantitative estimate of drug-likeness (QED) is 0.614. The van der Waals surface area contributed by atoms with E-state index in [2.05, 4.69) is 22.3 Å². The first-order valence-electron chi connectivity index (χ1n) is 4.66. The Labute approximate surface area is 78.6 Å². The Hall–Kier alpha value is -0.310. The van der Waals surface area contributed by atoms with Crippen LogP contribution in [-0.4, -0.2) is 35.8 Å². The topological polar surface area (TPSA) is 6.48 Å². The summed E-state index contributed by atoms with van der Waals surface area (Å²) in [5.74, 6) is 2.57. The molecule has 0 saturated carbocycles. The van der Waals surface area contributed by atoms with Gasteiger partial charge in [0.2, 0.25) is 0 Å². The van der Waals surface area contributed by atoms with Crippen molar-refractivity contribution in [1.82, 2.24) is 9.80 Å². The molecule has 68 valence electrons. The summed E-state index contributed by atoms with van der Waals surface area (Å²) in [6, 6.07) is 0. The summed E-state index contributed by atoms with van der Waals surface area (Å²) in [7, 11) is 2.18. The number of piperidine rings is 1. The lowest BCUT2D eigenvalue weighted by Crippen LogP contribution is -2.34. The molecule has 1 saturated heterocycles. The van der Waals surface area contributed by atoms with Gasteiger partial charge in [0.15, 0.2) is 0 Å². The smallest absolute Gasteiger partial charge is 0.111 e. The lowest BCUT2D eigenvalue weighted by atomic mass is 10.1. The fraction of sp³-hybridized carbons (Fsp3) is 0.778. The highest BCUT2D eigenvalue weighted by atomic mass is 32.2. The predicted molar refractivity (Wildman–Crippen MR) is 53.7 cm³/mol. The molecular formula is C9H16N2S. The van der Waals surface area contributed by atoms with Gasteiger partial charge in [0.1, 0.15) is 5.82 Å². The van der Waals surface area contributed by atoms with E-state index in [-0.39, 0.29) is 0 Å². The fourth-order valence-electron chi connectivity index (χ4n) is 1.82. The third kappa shape index (κ3) is 1.56. The van der Waals surface area contributed by atoms with Gasteiger partial charge in [-0.25, -0.2) is 0 Å². The van der Waals surface area contributed by atoms with E-state index >= 15 is 0 Å². The summed E-state index contributed by atoms with van der Waals surface area (Å²) in [5.41, 5.74) is 0. The zero-order chi connectivity index (χ0) is 8.39. The molecular weight excluding hydrogens is 168 g/mol. The van der Waals surface area contributed by atoms with Gasteiger partial charge < -0.3 is 9.80 Å². The minimum atomic E-state index is 1.13.